The lowest BCUT2D eigenvalue weighted by Crippen LogP contribution is -2.52. The Morgan fingerprint density at radius 1 is 0.829 bits per heavy atom. The van der Waals surface area contributed by atoms with Gasteiger partial charge in [0.15, 0.2) is 5.17 Å². The van der Waals surface area contributed by atoms with Crippen molar-refractivity contribution in [2.75, 3.05) is 141 Å². The first kappa shape index (κ1) is 51.0. The number of rotatable bonds is 25. The molecular formula is C49H68N12O8S. The van der Waals surface area contributed by atoms with Gasteiger partial charge < -0.3 is 59.7 Å². The fourth-order valence-electron chi connectivity index (χ4n) is 9.16. The summed E-state index contributed by atoms with van der Waals surface area (Å²) < 4.78 is 30.2. The Morgan fingerprint density at radius 2 is 1.53 bits per heavy atom. The maximum absolute atomic E-state index is 12.8. The lowest BCUT2D eigenvalue weighted by molar-refractivity contribution is -0.122. The van der Waals surface area contributed by atoms with Gasteiger partial charge in [-0.15, -0.1) is 0 Å². The van der Waals surface area contributed by atoms with E-state index in [1.807, 2.05) is 49.5 Å². The number of benzene rings is 1. The molecule has 0 radical (unpaired) electrons. The second-order valence-corrected chi connectivity index (χ2v) is 19.4. The van der Waals surface area contributed by atoms with Crippen molar-refractivity contribution in [2.45, 2.75) is 56.7 Å². The molecule has 3 amide bonds. The molecule has 3 aromatic heterocycles. The number of ether oxygens (including phenoxy) is 5. The normalized spacial score (nSPS) is 17.9. The van der Waals surface area contributed by atoms with E-state index in [4.69, 9.17) is 28.7 Å². The van der Waals surface area contributed by atoms with Crippen molar-refractivity contribution in [2.24, 2.45) is 4.99 Å². The molecule has 1 aliphatic carbocycles. The van der Waals surface area contributed by atoms with Gasteiger partial charge >= 0.3 is 0 Å². The fourth-order valence-corrected chi connectivity index (χ4v) is 9.99. The van der Waals surface area contributed by atoms with Crippen molar-refractivity contribution in [3.05, 3.63) is 65.6 Å². The maximum atomic E-state index is 12.8. The number of carbonyl (C=O) groups is 3. The van der Waals surface area contributed by atoms with E-state index in [9.17, 15) is 14.4 Å². The third-order valence-electron chi connectivity index (χ3n) is 12.8. The Morgan fingerprint density at radius 3 is 2.19 bits per heavy atom. The average Bonchev–Trinajstić information content (AvgIpc) is 3.97. The number of piperazine rings is 1. The van der Waals surface area contributed by atoms with Crippen molar-refractivity contribution >= 4 is 68.8 Å². The second kappa shape index (κ2) is 25.6. The van der Waals surface area contributed by atoms with Crippen molar-refractivity contribution in [1.29, 1.82) is 0 Å². The van der Waals surface area contributed by atoms with E-state index in [2.05, 4.69) is 62.8 Å². The summed E-state index contributed by atoms with van der Waals surface area (Å²) in [5, 5.41) is 17.5. The highest BCUT2D eigenvalue weighted by Gasteiger charge is 2.41. The SMILES string of the molecule is Cc1cc(NCCOCCOCCOCCOCCOCCNC(=O)CN2CCN(c3ccc(Nc4ncc5cc6n(c5n4)C4(CCCCC4)CNC6=O)nc3)CC2)ccc1C(=O)NC1=NCC(C)S1. The zero-order chi connectivity index (χ0) is 48.5. The Bertz CT molecular complexity index is 2390. The molecule has 378 valence electrons. The summed E-state index contributed by atoms with van der Waals surface area (Å²) in [7, 11) is 0. The fraction of sp³-hybridized carbons (Fsp3) is 0.571. The highest BCUT2D eigenvalue weighted by Crippen LogP contribution is 2.40. The van der Waals surface area contributed by atoms with Gasteiger partial charge in [0.2, 0.25) is 11.9 Å². The zero-order valence-electron chi connectivity index (χ0n) is 40.5. The molecular weight excluding hydrogens is 917 g/mol. The number of nitrogens with zero attached hydrogens (tertiary/aromatic N) is 7. The van der Waals surface area contributed by atoms with Crippen molar-refractivity contribution in [1.82, 2.24) is 40.4 Å². The second-order valence-electron chi connectivity index (χ2n) is 18.0. The Labute approximate surface area is 413 Å². The molecule has 4 aromatic rings. The van der Waals surface area contributed by atoms with Crippen LogP contribution in [0, 0.1) is 6.92 Å². The predicted molar refractivity (Wildman–Crippen MR) is 271 cm³/mol. The van der Waals surface area contributed by atoms with Crippen LogP contribution in [0.5, 0.6) is 0 Å². The number of thioether (sulfide) groups is 1. The van der Waals surface area contributed by atoms with Gasteiger partial charge in [-0.25, -0.2) is 9.97 Å². The van der Waals surface area contributed by atoms with Gasteiger partial charge in [0.25, 0.3) is 11.8 Å². The minimum absolute atomic E-state index is 0.0209. The molecule has 1 spiro atoms. The molecule has 1 atom stereocenters. The molecule has 1 saturated heterocycles. The van der Waals surface area contributed by atoms with Crippen LogP contribution in [-0.2, 0) is 34.0 Å². The smallest absolute Gasteiger partial charge is 0.268 e. The first-order valence-electron chi connectivity index (χ1n) is 24.6. The largest absolute Gasteiger partial charge is 0.383 e. The number of aliphatic imine (C=N–C) groups is 1. The Hall–Kier alpha value is -5.42. The van der Waals surface area contributed by atoms with E-state index in [1.54, 1.807) is 18.0 Å². The van der Waals surface area contributed by atoms with Crippen LogP contribution in [0.15, 0.2) is 53.8 Å². The number of hydrogen-bond acceptors (Lipinski definition) is 17. The molecule has 6 heterocycles. The molecule has 8 rings (SSSR count). The monoisotopic (exact) mass is 985 g/mol. The number of nitrogens with one attached hydrogen (secondary N) is 5. The number of fused-ring (bicyclic) bond motifs is 4. The van der Waals surface area contributed by atoms with Gasteiger partial charge in [0.05, 0.1) is 96.6 Å². The van der Waals surface area contributed by atoms with E-state index in [-0.39, 0.29) is 23.3 Å². The Balaban J connectivity index is 0.593. The summed E-state index contributed by atoms with van der Waals surface area (Å²) in [6, 6.07) is 11.6. The number of aryl methyl sites for hydroxylation is 1. The van der Waals surface area contributed by atoms with Crippen LogP contribution in [0.2, 0.25) is 0 Å². The van der Waals surface area contributed by atoms with E-state index in [0.29, 0.717) is 126 Å². The van der Waals surface area contributed by atoms with Crippen LogP contribution in [0.25, 0.3) is 11.0 Å². The van der Waals surface area contributed by atoms with Crippen LogP contribution >= 0.6 is 11.8 Å². The first-order chi connectivity index (χ1) is 34.2. The summed E-state index contributed by atoms with van der Waals surface area (Å²) in [5.41, 5.74) is 4.77. The van der Waals surface area contributed by atoms with Gasteiger partial charge in [-0.1, -0.05) is 37.9 Å². The van der Waals surface area contributed by atoms with Crippen LogP contribution in [0.4, 0.5) is 23.1 Å². The maximum Gasteiger partial charge on any atom is 0.268 e. The van der Waals surface area contributed by atoms with E-state index < -0.39 is 0 Å². The van der Waals surface area contributed by atoms with Gasteiger partial charge in [-0.05, 0) is 61.7 Å². The number of amides is 3. The molecule has 1 unspecified atom stereocenters. The number of hydrogen-bond donors (Lipinski definition) is 5. The van der Waals surface area contributed by atoms with Crippen LogP contribution in [0.3, 0.4) is 0 Å². The molecule has 21 heteroatoms. The molecule has 5 N–H and O–H groups in total. The van der Waals surface area contributed by atoms with Gasteiger partial charge in [-0.2, -0.15) is 4.98 Å². The average molecular weight is 985 g/mol. The number of amidine groups is 1. The molecule has 1 saturated carbocycles. The van der Waals surface area contributed by atoms with E-state index in [1.165, 1.54) is 6.42 Å². The summed E-state index contributed by atoms with van der Waals surface area (Å²) in [6.45, 7) is 14.5. The van der Waals surface area contributed by atoms with Crippen LogP contribution in [0.1, 0.15) is 65.4 Å². The highest BCUT2D eigenvalue weighted by molar-refractivity contribution is 8.14. The summed E-state index contributed by atoms with van der Waals surface area (Å²) >= 11 is 1.59. The highest BCUT2D eigenvalue weighted by atomic mass is 32.2. The topological polar surface area (TPSA) is 220 Å². The lowest BCUT2D eigenvalue weighted by Gasteiger charge is -2.42. The minimum Gasteiger partial charge on any atom is -0.383 e. The number of aromatic nitrogens is 4. The third-order valence-corrected chi connectivity index (χ3v) is 13.8. The van der Waals surface area contributed by atoms with Crippen molar-refractivity contribution < 1.29 is 38.1 Å². The predicted octanol–water partition coefficient (Wildman–Crippen LogP) is 3.94. The van der Waals surface area contributed by atoms with Crippen LogP contribution < -0.4 is 31.5 Å². The van der Waals surface area contributed by atoms with Crippen molar-refractivity contribution in [3.8, 4) is 0 Å². The minimum atomic E-state index is -0.143. The number of pyridine rings is 1. The standard InChI is InChI=1S/C49H68N12O8S/c1-35-28-38(6-8-40(35)45(63)58-48-54-30-36(2)70-48)50-12-18-65-20-22-67-24-26-69-27-25-68-23-21-66-19-13-51-43(62)33-59-14-16-60(17-15-59)39-7-9-42(52-32-39)56-47-53-31-37-29-41-46(64)55-34-49(10-4-3-5-11-49)61(41)44(37)57-47/h6-9,28-29,31-32,36,50H,3-5,10-27,30,33-34H2,1-2H3,(H,51,62)(H,55,64)(H,54,58,63)(H,52,53,56,57). The summed E-state index contributed by atoms with van der Waals surface area (Å²) in [5.74, 6) is 0.862. The third kappa shape index (κ3) is 14.1. The molecule has 70 heavy (non-hydrogen) atoms. The molecule has 4 aliphatic rings. The molecule has 0 bridgehead atoms. The zero-order valence-corrected chi connectivity index (χ0v) is 41.3. The summed E-state index contributed by atoms with van der Waals surface area (Å²) in [6.07, 6.45) is 9.16. The Kier molecular flexibility index (Phi) is 18.6. The van der Waals surface area contributed by atoms with Crippen LogP contribution in [-0.4, -0.2) is 178 Å². The van der Waals surface area contributed by atoms with Crippen molar-refractivity contribution in [3.63, 3.8) is 0 Å². The molecule has 20 nitrogen and oxygen atoms in total. The molecule has 2 fully saturated rings. The lowest BCUT2D eigenvalue weighted by atomic mass is 9.80. The van der Waals surface area contributed by atoms with E-state index >= 15 is 0 Å². The molecule has 3 aliphatic heterocycles. The number of carbonyl (C=O) groups excluding carboxylic acids is 3. The molecule has 1 aromatic carbocycles. The van der Waals surface area contributed by atoms with Gasteiger partial charge in [-0.3, -0.25) is 24.3 Å². The summed E-state index contributed by atoms with van der Waals surface area (Å²) in [4.78, 5) is 60.9. The first-order valence-corrected chi connectivity index (χ1v) is 25.5. The van der Waals surface area contributed by atoms with E-state index in [0.717, 1.165) is 86.4 Å². The number of anilines is 4. The quantitative estimate of drug-likeness (QED) is 0.0594. The van der Waals surface area contributed by atoms with Gasteiger partial charge in [0, 0.05) is 73.9 Å². The van der Waals surface area contributed by atoms with Gasteiger partial charge in [0.1, 0.15) is 17.2 Å².